The molecular formula is C12H22N2O4. The number of carboxylic acids is 1. The largest absolute Gasteiger partial charge is 0.480 e. The molecule has 1 unspecified atom stereocenters. The zero-order valence-corrected chi connectivity index (χ0v) is 11.2. The second-order valence-electron chi connectivity index (χ2n) is 5.83. The molecule has 1 rings (SSSR count). The van der Waals surface area contributed by atoms with Gasteiger partial charge in [-0.1, -0.05) is 20.8 Å². The molecule has 0 saturated carbocycles. The van der Waals surface area contributed by atoms with Crippen LogP contribution >= 0.6 is 0 Å². The Balaban J connectivity index is 2.79. The van der Waals surface area contributed by atoms with E-state index in [-0.39, 0.29) is 12.8 Å². The van der Waals surface area contributed by atoms with Crippen LogP contribution in [0.1, 0.15) is 33.6 Å². The van der Waals surface area contributed by atoms with E-state index >= 15 is 0 Å². The number of ether oxygens (including phenoxy) is 1. The van der Waals surface area contributed by atoms with Gasteiger partial charge in [0, 0.05) is 26.1 Å². The number of amides is 1. The molecule has 0 spiro atoms. The Morgan fingerprint density at radius 1 is 1.33 bits per heavy atom. The van der Waals surface area contributed by atoms with Gasteiger partial charge in [0.15, 0.2) is 0 Å². The molecule has 1 amide bonds. The summed E-state index contributed by atoms with van der Waals surface area (Å²) >= 11 is 0. The maximum atomic E-state index is 12.0. The highest BCUT2D eigenvalue weighted by molar-refractivity contribution is 5.90. The van der Waals surface area contributed by atoms with Crippen LogP contribution in [-0.4, -0.2) is 41.8 Å². The van der Waals surface area contributed by atoms with Crippen LogP contribution in [0, 0.1) is 5.41 Å². The highest BCUT2D eigenvalue weighted by atomic mass is 16.5. The molecule has 1 heterocycles. The molecule has 0 aromatic carbocycles. The Morgan fingerprint density at radius 2 is 1.83 bits per heavy atom. The zero-order valence-electron chi connectivity index (χ0n) is 11.2. The molecule has 0 aromatic rings. The van der Waals surface area contributed by atoms with Gasteiger partial charge in [-0.2, -0.15) is 0 Å². The van der Waals surface area contributed by atoms with Gasteiger partial charge in [0.2, 0.25) is 5.91 Å². The molecule has 104 valence electrons. The number of hydrogen-bond acceptors (Lipinski definition) is 4. The van der Waals surface area contributed by atoms with Crippen molar-refractivity contribution in [3.05, 3.63) is 0 Å². The van der Waals surface area contributed by atoms with Crippen LogP contribution in [0.25, 0.3) is 0 Å². The van der Waals surface area contributed by atoms with E-state index in [1.54, 1.807) is 0 Å². The molecule has 1 fully saturated rings. The van der Waals surface area contributed by atoms with Crippen molar-refractivity contribution in [2.45, 2.75) is 45.2 Å². The van der Waals surface area contributed by atoms with Gasteiger partial charge < -0.3 is 20.9 Å². The number of carboxylic acid groups (broad SMARTS) is 1. The fraction of sp³-hybridized carbons (Fsp3) is 0.833. The Bertz CT molecular complexity index is 329. The van der Waals surface area contributed by atoms with Crippen LogP contribution in [0.5, 0.6) is 0 Å². The van der Waals surface area contributed by atoms with Crippen molar-refractivity contribution in [2.75, 3.05) is 13.2 Å². The Morgan fingerprint density at radius 3 is 2.22 bits per heavy atom. The SMILES string of the molecule is CC(C)(C)C(N)C(=O)NC1(C(=O)O)CCOCC1. The summed E-state index contributed by atoms with van der Waals surface area (Å²) in [5.74, 6) is -1.45. The maximum Gasteiger partial charge on any atom is 0.329 e. The highest BCUT2D eigenvalue weighted by Crippen LogP contribution is 2.23. The van der Waals surface area contributed by atoms with E-state index < -0.39 is 28.9 Å². The topological polar surface area (TPSA) is 102 Å². The molecule has 6 nitrogen and oxygen atoms in total. The lowest BCUT2D eigenvalue weighted by Gasteiger charge is -2.36. The quantitative estimate of drug-likeness (QED) is 0.667. The first kappa shape index (κ1) is 14.9. The van der Waals surface area contributed by atoms with Crippen LogP contribution in [0.15, 0.2) is 0 Å². The predicted molar refractivity (Wildman–Crippen MR) is 66.0 cm³/mol. The third-order valence-corrected chi connectivity index (χ3v) is 3.33. The lowest BCUT2D eigenvalue weighted by atomic mass is 9.84. The van der Waals surface area contributed by atoms with Crippen molar-refractivity contribution in [3.8, 4) is 0 Å². The number of aliphatic carboxylic acids is 1. The van der Waals surface area contributed by atoms with Crippen molar-refractivity contribution in [1.82, 2.24) is 5.32 Å². The third kappa shape index (κ3) is 3.20. The first-order chi connectivity index (χ1) is 8.19. The summed E-state index contributed by atoms with van der Waals surface area (Å²) in [6.07, 6.45) is 0.538. The van der Waals surface area contributed by atoms with Crippen molar-refractivity contribution < 1.29 is 19.4 Å². The van der Waals surface area contributed by atoms with Gasteiger partial charge in [-0.25, -0.2) is 4.79 Å². The van der Waals surface area contributed by atoms with Crippen LogP contribution in [0.3, 0.4) is 0 Å². The normalized spacial score (nSPS) is 21.1. The van der Waals surface area contributed by atoms with Crippen molar-refractivity contribution in [3.63, 3.8) is 0 Å². The van der Waals surface area contributed by atoms with Crippen molar-refractivity contribution in [1.29, 1.82) is 0 Å². The van der Waals surface area contributed by atoms with Gasteiger partial charge >= 0.3 is 5.97 Å². The average Bonchev–Trinajstić information content (AvgIpc) is 2.27. The summed E-state index contributed by atoms with van der Waals surface area (Å²) < 4.78 is 5.14. The van der Waals surface area contributed by atoms with Gasteiger partial charge in [0.1, 0.15) is 5.54 Å². The van der Waals surface area contributed by atoms with E-state index in [9.17, 15) is 14.7 Å². The van der Waals surface area contributed by atoms with E-state index in [2.05, 4.69) is 5.32 Å². The first-order valence-electron chi connectivity index (χ1n) is 6.08. The molecule has 18 heavy (non-hydrogen) atoms. The second-order valence-corrected chi connectivity index (χ2v) is 5.83. The molecule has 1 saturated heterocycles. The number of carbonyl (C=O) groups is 2. The molecular weight excluding hydrogens is 236 g/mol. The molecule has 4 N–H and O–H groups in total. The summed E-state index contributed by atoms with van der Waals surface area (Å²) in [6, 6.07) is -0.739. The van der Waals surface area contributed by atoms with Gasteiger partial charge in [-0.15, -0.1) is 0 Å². The van der Waals surface area contributed by atoms with E-state index in [0.29, 0.717) is 13.2 Å². The highest BCUT2D eigenvalue weighted by Gasteiger charge is 2.43. The van der Waals surface area contributed by atoms with Crippen molar-refractivity contribution in [2.24, 2.45) is 11.1 Å². The number of nitrogens with one attached hydrogen (secondary N) is 1. The van der Waals surface area contributed by atoms with Crippen LogP contribution in [-0.2, 0) is 14.3 Å². The van der Waals surface area contributed by atoms with Gasteiger partial charge in [-0.05, 0) is 5.41 Å². The van der Waals surface area contributed by atoms with Crippen LogP contribution in [0.2, 0.25) is 0 Å². The molecule has 6 heteroatoms. The standard InChI is InChI=1S/C12H22N2O4/c1-11(2,3)8(13)9(15)14-12(10(16)17)4-6-18-7-5-12/h8H,4-7,13H2,1-3H3,(H,14,15)(H,16,17). The van der Waals surface area contributed by atoms with E-state index in [0.717, 1.165) is 0 Å². The van der Waals surface area contributed by atoms with E-state index in [1.807, 2.05) is 20.8 Å². The van der Waals surface area contributed by atoms with Gasteiger partial charge in [-0.3, -0.25) is 4.79 Å². The summed E-state index contributed by atoms with van der Waals surface area (Å²) in [4.78, 5) is 23.4. The summed E-state index contributed by atoms with van der Waals surface area (Å²) in [6.45, 7) is 6.19. The molecule has 1 aliphatic rings. The zero-order chi connectivity index (χ0) is 14.0. The van der Waals surface area contributed by atoms with Crippen molar-refractivity contribution >= 4 is 11.9 Å². The average molecular weight is 258 g/mol. The minimum Gasteiger partial charge on any atom is -0.480 e. The molecule has 1 atom stereocenters. The first-order valence-corrected chi connectivity index (χ1v) is 6.08. The van der Waals surface area contributed by atoms with Crippen LogP contribution in [0.4, 0.5) is 0 Å². The fourth-order valence-corrected chi connectivity index (χ4v) is 1.82. The molecule has 0 aliphatic carbocycles. The lowest BCUT2D eigenvalue weighted by Crippen LogP contribution is -2.62. The van der Waals surface area contributed by atoms with Gasteiger partial charge in [0.25, 0.3) is 0 Å². The maximum absolute atomic E-state index is 12.0. The fourth-order valence-electron chi connectivity index (χ4n) is 1.82. The summed E-state index contributed by atoms with van der Waals surface area (Å²) in [5.41, 5.74) is 4.19. The number of rotatable bonds is 3. The van der Waals surface area contributed by atoms with E-state index in [1.165, 1.54) is 0 Å². The smallest absolute Gasteiger partial charge is 0.329 e. The number of hydrogen-bond donors (Lipinski definition) is 3. The van der Waals surface area contributed by atoms with Gasteiger partial charge in [0.05, 0.1) is 6.04 Å². The minimum atomic E-state index is -1.24. The Labute approximate surface area is 107 Å². The summed E-state index contributed by atoms with van der Waals surface area (Å²) in [7, 11) is 0. The molecule has 0 aromatic heterocycles. The molecule has 0 radical (unpaired) electrons. The van der Waals surface area contributed by atoms with Crippen LogP contribution < -0.4 is 11.1 Å². The van der Waals surface area contributed by atoms with E-state index in [4.69, 9.17) is 10.5 Å². The monoisotopic (exact) mass is 258 g/mol. The molecule has 1 aliphatic heterocycles. The third-order valence-electron chi connectivity index (χ3n) is 3.33. The number of nitrogens with two attached hydrogens (primary N) is 1. The molecule has 0 bridgehead atoms. The summed E-state index contributed by atoms with van der Waals surface area (Å²) in [5, 5.41) is 11.9. The lowest BCUT2D eigenvalue weighted by molar-refractivity contribution is -0.152. The Kier molecular flexibility index (Phi) is 4.34. The predicted octanol–water partition coefficient (Wildman–Crippen LogP) is 0.110. The minimum absolute atomic E-state index is 0.269. The Hall–Kier alpha value is -1.14. The number of carbonyl (C=O) groups excluding carboxylic acids is 1. The second kappa shape index (κ2) is 5.24.